The first-order valence-corrected chi connectivity index (χ1v) is 7.63. The number of hydrogen-bond donors (Lipinski definition) is 1. The minimum Gasteiger partial charge on any atom is -0.492 e. The Bertz CT molecular complexity index is 550. The van der Waals surface area contributed by atoms with Gasteiger partial charge in [0.2, 0.25) is 0 Å². The second-order valence-corrected chi connectivity index (χ2v) is 5.90. The molecule has 0 aromatic heterocycles. The van der Waals surface area contributed by atoms with E-state index < -0.39 is 0 Å². The number of nitrogens with one attached hydrogen (secondary N) is 1. The Morgan fingerprint density at radius 3 is 2.24 bits per heavy atom. The number of halogens is 1. The monoisotopic (exact) mass is 303 g/mol. The van der Waals surface area contributed by atoms with Crippen LogP contribution in [-0.4, -0.2) is 12.6 Å². The fourth-order valence-electron chi connectivity index (χ4n) is 2.18. The van der Waals surface area contributed by atoms with Crippen LogP contribution in [0.15, 0.2) is 48.5 Å². The van der Waals surface area contributed by atoms with Crippen LogP contribution in [0, 0.1) is 6.92 Å². The summed E-state index contributed by atoms with van der Waals surface area (Å²) in [4.78, 5) is 0. The highest BCUT2D eigenvalue weighted by Gasteiger charge is 2.10. The molecule has 2 rings (SSSR count). The summed E-state index contributed by atoms with van der Waals surface area (Å²) in [6.07, 6.45) is 0. The molecule has 0 aliphatic rings. The lowest BCUT2D eigenvalue weighted by atomic mass is 10.1. The lowest BCUT2D eigenvalue weighted by Gasteiger charge is -2.21. The van der Waals surface area contributed by atoms with Crippen molar-refractivity contribution in [3.8, 4) is 5.75 Å². The van der Waals surface area contributed by atoms with Gasteiger partial charge in [-0.05, 0) is 50.6 Å². The zero-order valence-corrected chi connectivity index (χ0v) is 13.5. The Hall–Kier alpha value is -1.51. The molecule has 0 bridgehead atoms. The Kier molecular flexibility index (Phi) is 5.66. The van der Waals surface area contributed by atoms with Crippen LogP contribution in [0.1, 0.15) is 31.0 Å². The van der Waals surface area contributed by atoms with E-state index in [9.17, 15) is 0 Å². The molecular weight excluding hydrogens is 282 g/mol. The second kappa shape index (κ2) is 7.48. The molecule has 2 aromatic rings. The highest BCUT2D eigenvalue weighted by Crippen LogP contribution is 2.17. The van der Waals surface area contributed by atoms with Crippen LogP contribution in [0.5, 0.6) is 5.75 Å². The van der Waals surface area contributed by atoms with E-state index in [2.05, 4.69) is 38.2 Å². The third-order valence-corrected chi connectivity index (χ3v) is 3.68. The molecule has 0 fully saturated rings. The molecule has 2 nitrogen and oxygen atoms in total. The fraction of sp³-hybridized carbons (Fsp3) is 0.333. The third kappa shape index (κ3) is 5.07. The molecule has 3 heteroatoms. The van der Waals surface area contributed by atoms with Crippen molar-refractivity contribution >= 4 is 11.6 Å². The summed E-state index contributed by atoms with van der Waals surface area (Å²) in [5, 5.41) is 4.29. The van der Waals surface area contributed by atoms with E-state index in [-0.39, 0.29) is 12.1 Å². The Morgan fingerprint density at radius 1 is 1.00 bits per heavy atom. The minimum absolute atomic E-state index is 0.261. The second-order valence-electron chi connectivity index (χ2n) is 5.47. The van der Waals surface area contributed by atoms with Crippen molar-refractivity contribution in [1.82, 2.24) is 5.32 Å². The van der Waals surface area contributed by atoms with E-state index in [1.807, 2.05) is 36.4 Å². The van der Waals surface area contributed by atoms with Gasteiger partial charge >= 0.3 is 0 Å². The van der Waals surface area contributed by atoms with E-state index in [1.54, 1.807) is 0 Å². The first-order valence-electron chi connectivity index (χ1n) is 7.25. The van der Waals surface area contributed by atoms with Crippen LogP contribution >= 0.6 is 11.6 Å². The molecule has 0 saturated carbocycles. The van der Waals surface area contributed by atoms with Crippen molar-refractivity contribution < 1.29 is 4.74 Å². The van der Waals surface area contributed by atoms with Crippen molar-refractivity contribution in [3.05, 3.63) is 64.7 Å². The molecule has 2 atom stereocenters. The highest BCUT2D eigenvalue weighted by molar-refractivity contribution is 6.30. The van der Waals surface area contributed by atoms with Crippen LogP contribution in [0.25, 0.3) is 0 Å². The van der Waals surface area contributed by atoms with Gasteiger partial charge in [-0.3, -0.25) is 0 Å². The summed E-state index contributed by atoms with van der Waals surface area (Å²) in [5.41, 5.74) is 2.46. The molecule has 2 aromatic carbocycles. The molecule has 1 N–H and O–H groups in total. The maximum Gasteiger partial charge on any atom is 0.119 e. The summed E-state index contributed by atoms with van der Waals surface area (Å²) in [6, 6.07) is 16.6. The normalized spacial score (nSPS) is 13.7. The minimum atomic E-state index is 0.261. The van der Waals surface area contributed by atoms with Gasteiger partial charge in [0.1, 0.15) is 12.4 Å². The Balaban J connectivity index is 1.82. The van der Waals surface area contributed by atoms with E-state index >= 15 is 0 Å². The maximum absolute atomic E-state index is 5.91. The molecule has 0 saturated heterocycles. The molecule has 2 unspecified atom stereocenters. The standard InChI is InChI=1S/C18H22ClNO/c1-13-4-10-18(11-5-13)21-12-14(2)20-15(3)16-6-8-17(19)9-7-16/h4-11,14-15,20H,12H2,1-3H3. The smallest absolute Gasteiger partial charge is 0.119 e. The predicted octanol–water partition coefficient (Wildman–Crippen LogP) is 4.77. The van der Waals surface area contributed by atoms with Gasteiger partial charge in [-0.2, -0.15) is 0 Å². The SMILES string of the molecule is Cc1ccc(OCC(C)NC(C)c2ccc(Cl)cc2)cc1. The van der Waals surface area contributed by atoms with Crippen molar-refractivity contribution in [1.29, 1.82) is 0 Å². The number of ether oxygens (including phenoxy) is 1. The molecular formula is C18H22ClNO. The molecule has 0 spiro atoms. The number of rotatable bonds is 6. The summed E-state index contributed by atoms with van der Waals surface area (Å²) in [7, 11) is 0. The van der Waals surface area contributed by atoms with Crippen LogP contribution < -0.4 is 10.1 Å². The first-order chi connectivity index (χ1) is 10.0. The van der Waals surface area contributed by atoms with Crippen LogP contribution in [0.4, 0.5) is 0 Å². The zero-order valence-electron chi connectivity index (χ0n) is 12.8. The van der Waals surface area contributed by atoms with E-state index in [4.69, 9.17) is 16.3 Å². The molecule has 0 aliphatic carbocycles. The first kappa shape index (κ1) is 15.9. The summed E-state index contributed by atoms with van der Waals surface area (Å²) < 4.78 is 5.80. The van der Waals surface area contributed by atoms with Gasteiger partial charge in [-0.1, -0.05) is 41.4 Å². The molecule has 21 heavy (non-hydrogen) atoms. The molecule has 0 aliphatic heterocycles. The Labute approximate surface area is 132 Å². The largest absolute Gasteiger partial charge is 0.492 e. The van der Waals surface area contributed by atoms with E-state index in [0.717, 1.165) is 10.8 Å². The van der Waals surface area contributed by atoms with Gasteiger partial charge in [0, 0.05) is 17.1 Å². The average molecular weight is 304 g/mol. The van der Waals surface area contributed by atoms with Crippen molar-refractivity contribution in [2.75, 3.05) is 6.61 Å². The van der Waals surface area contributed by atoms with E-state index in [1.165, 1.54) is 11.1 Å². The van der Waals surface area contributed by atoms with Crippen molar-refractivity contribution in [2.24, 2.45) is 0 Å². The third-order valence-electron chi connectivity index (χ3n) is 3.43. The lowest BCUT2D eigenvalue weighted by Crippen LogP contribution is -2.33. The van der Waals surface area contributed by atoms with Crippen molar-refractivity contribution in [3.63, 3.8) is 0 Å². The molecule has 112 valence electrons. The average Bonchev–Trinajstić information content (AvgIpc) is 2.47. The van der Waals surface area contributed by atoms with Crippen LogP contribution in [0.3, 0.4) is 0 Å². The number of hydrogen-bond acceptors (Lipinski definition) is 2. The predicted molar refractivity (Wildman–Crippen MR) is 89.1 cm³/mol. The summed E-state index contributed by atoms with van der Waals surface area (Å²) in [5.74, 6) is 0.911. The lowest BCUT2D eigenvalue weighted by molar-refractivity contribution is 0.264. The van der Waals surface area contributed by atoms with Gasteiger partial charge in [-0.15, -0.1) is 0 Å². The van der Waals surface area contributed by atoms with Crippen molar-refractivity contribution in [2.45, 2.75) is 32.9 Å². The molecule has 0 radical (unpaired) electrons. The zero-order chi connectivity index (χ0) is 15.2. The van der Waals surface area contributed by atoms with Crippen LogP contribution in [0.2, 0.25) is 5.02 Å². The molecule has 0 heterocycles. The maximum atomic E-state index is 5.91. The fourth-order valence-corrected chi connectivity index (χ4v) is 2.30. The number of benzene rings is 2. The molecule has 0 amide bonds. The highest BCUT2D eigenvalue weighted by atomic mass is 35.5. The van der Waals surface area contributed by atoms with Gasteiger partial charge in [0.05, 0.1) is 0 Å². The van der Waals surface area contributed by atoms with Gasteiger partial charge in [-0.25, -0.2) is 0 Å². The quantitative estimate of drug-likeness (QED) is 0.830. The van der Waals surface area contributed by atoms with E-state index in [0.29, 0.717) is 6.61 Å². The summed E-state index contributed by atoms with van der Waals surface area (Å²) in [6.45, 7) is 6.98. The van der Waals surface area contributed by atoms with Crippen LogP contribution in [-0.2, 0) is 0 Å². The summed E-state index contributed by atoms with van der Waals surface area (Å²) >= 11 is 5.91. The number of aryl methyl sites for hydroxylation is 1. The van der Waals surface area contributed by atoms with Gasteiger partial charge < -0.3 is 10.1 Å². The van der Waals surface area contributed by atoms with Gasteiger partial charge in [0.15, 0.2) is 0 Å². The Morgan fingerprint density at radius 2 is 1.62 bits per heavy atom. The topological polar surface area (TPSA) is 21.3 Å². The van der Waals surface area contributed by atoms with Gasteiger partial charge in [0.25, 0.3) is 0 Å².